The van der Waals surface area contributed by atoms with Gasteiger partial charge in [0, 0.05) is 5.56 Å². The number of hydrogen-bond donors (Lipinski definition) is 3. The summed E-state index contributed by atoms with van der Waals surface area (Å²) in [6.07, 6.45) is -0.750. The van der Waals surface area contributed by atoms with Gasteiger partial charge in [0.15, 0.2) is 0 Å². The van der Waals surface area contributed by atoms with E-state index in [0.717, 1.165) is 0 Å². The lowest BCUT2D eigenvalue weighted by Crippen LogP contribution is -2.37. The maximum Gasteiger partial charge on any atom is 0.120 e. The fourth-order valence-corrected chi connectivity index (χ4v) is 1.64. The zero-order valence-electron chi connectivity index (χ0n) is 10.8. The Labute approximate surface area is 102 Å². The average Bonchev–Trinajstić information content (AvgIpc) is 2.26. The summed E-state index contributed by atoms with van der Waals surface area (Å²) in [7, 11) is 1.54. The van der Waals surface area contributed by atoms with Crippen molar-refractivity contribution in [3.8, 4) is 11.5 Å². The van der Waals surface area contributed by atoms with E-state index in [1.807, 2.05) is 20.8 Å². The van der Waals surface area contributed by atoms with Crippen LogP contribution in [0.15, 0.2) is 18.2 Å². The lowest BCUT2D eigenvalue weighted by Gasteiger charge is -2.31. The Morgan fingerprint density at radius 1 is 1.29 bits per heavy atom. The molecule has 1 rings (SSSR count). The second-order valence-electron chi connectivity index (χ2n) is 5.26. The zero-order valence-corrected chi connectivity index (χ0v) is 10.8. The molecule has 0 aromatic heterocycles. The molecular formula is C13H21NO3. The third-order valence-corrected chi connectivity index (χ3v) is 2.82. The summed E-state index contributed by atoms with van der Waals surface area (Å²) in [5.74, 6) is 0.677. The number of hydrogen-bond acceptors (Lipinski definition) is 4. The molecule has 2 atom stereocenters. The molecule has 0 heterocycles. The van der Waals surface area contributed by atoms with Crippen LogP contribution in [0, 0.1) is 5.41 Å². The van der Waals surface area contributed by atoms with Gasteiger partial charge in [-0.2, -0.15) is 0 Å². The second kappa shape index (κ2) is 4.94. The van der Waals surface area contributed by atoms with Crippen LogP contribution >= 0.6 is 0 Å². The largest absolute Gasteiger partial charge is 0.508 e. The molecule has 0 bridgehead atoms. The number of nitrogens with two attached hydrogens (primary N) is 1. The highest BCUT2D eigenvalue weighted by Gasteiger charge is 2.30. The fourth-order valence-electron chi connectivity index (χ4n) is 1.64. The molecule has 0 saturated heterocycles. The summed E-state index contributed by atoms with van der Waals surface area (Å²) in [5.41, 5.74) is 6.12. The number of benzene rings is 1. The highest BCUT2D eigenvalue weighted by molar-refractivity contribution is 5.41. The summed E-state index contributed by atoms with van der Waals surface area (Å²) in [4.78, 5) is 0. The monoisotopic (exact) mass is 239 g/mol. The molecule has 1 aromatic carbocycles. The van der Waals surface area contributed by atoms with Crippen LogP contribution in [0.5, 0.6) is 11.5 Å². The van der Waals surface area contributed by atoms with Crippen LogP contribution in [0.3, 0.4) is 0 Å². The molecule has 0 aliphatic heterocycles. The third kappa shape index (κ3) is 3.11. The van der Waals surface area contributed by atoms with E-state index in [-0.39, 0.29) is 11.2 Å². The maximum absolute atomic E-state index is 10.1. The van der Waals surface area contributed by atoms with E-state index in [2.05, 4.69) is 0 Å². The zero-order chi connectivity index (χ0) is 13.2. The van der Waals surface area contributed by atoms with Gasteiger partial charge in [0.2, 0.25) is 0 Å². The topological polar surface area (TPSA) is 75.7 Å². The summed E-state index contributed by atoms with van der Waals surface area (Å²) in [6, 6.07) is 4.16. The van der Waals surface area contributed by atoms with Crippen LogP contribution in [0.1, 0.15) is 32.4 Å². The van der Waals surface area contributed by atoms with E-state index in [1.165, 1.54) is 6.07 Å². The Balaban J connectivity index is 3.07. The predicted molar refractivity (Wildman–Crippen MR) is 67.0 cm³/mol. The summed E-state index contributed by atoms with van der Waals surface area (Å²) in [6.45, 7) is 5.69. The Morgan fingerprint density at radius 3 is 2.35 bits per heavy atom. The molecule has 0 amide bonds. The number of methoxy groups -OCH3 is 1. The minimum absolute atomic E-state index is 0.0709. The van der Waals surface area contributed by atoms with Crippen LogP contribution in [0.4, 0.5) is 0 Å². The van der Waals surface area contributed by atoms with E-state index < -0.39 is 12.1 Å². The van der Waals surface area contributed by atoms with Crippen LogP contribution in [-0.2, 0) is 0 Å². The Hall–Kier alpha value is -1.26. The first-order valence-electron chi connectivity index (χ1n) is 5.58. The molecule has 0 saturated carbocycles. The molecule has 17 heavy (non-hydrogen) atoms. The normalized spacial score (nSPS) is 15.4. The number of phenolic OH excluding ortho intramolecular Hbond substituents is 1. The number of aliphatic hydroxyl groups is 1. The van der Waals surface area contributed by atoms with Crippen molar-refractivity contribution in [2.75, 3.05) is 7.11 Å². The number of ether oxygens (including phenoxy) is 1. The molecule has 0 fully saturated rings. The standard InChI is InChI=1S/C13H21NO3/c1-13(2,3)12(16)11(14)9-7-8(17-4)5-6-10(9)15/h5-7,11-12,15-16H,14H2,1-4H3/t11-,12-/m0/s1. The first kappa shape index (κ1) is 13.8. The number of aromatic hydroxyl groups is 1. The molecule has 0 aliphatic carbocycles. The van der Waals surface area contributed by atoms with Gasteiger partial charge in [0.1, 0.15) is 11.5 Å². The molecule has 4 heteroatoms. The van der Waals surface area contributed by atoms with E-state index in [9.17, 15) is 10.2 Å². The van der Waals surface area contributed by atoms with E-state index >= 15 is 0 Å². The molecule has 4 nitrogen and oxygen atoms in total. The molecule has 4 N–H and O–H groups in total. The number of phenols is 1. The van der Waals surface area contributed by atoms with Gasteiger partial charge in [0.25, 0.3) is 0 Å². The Bertz CT molecular complexity index is 385. The molecule has 0 spiro atoms. The fraction of sp³-hybridized carbons (Fsp3) is 0.538. The summed E-state index contributed by atoms with van der Waals surface area (Å²) in [5, 5.41) is 19.9. The van der Waals surface area contributed by atoms with Crippen molar-refractivity contribution < 1.29 is 14.9 Å². The first-order chi connectivity index (χ1) is 7.77. The van der Waals surface area contributed by atoms with Crippen molar-refractivity contribution in [1.29, 1.82) is 0 Å². The first-order valence-corrected chi connectivity index (χ1v) is 5.58. The van der Waals surface area contributed by atoms with Gasteiger partial charge in [-0.1, -0.05) is 20.8 Å². The van der Waals surface area contributed by atoms with E-state index in [0.29, 0.717) is 11.3 Å². The van der Waals surface area contributed by atoms with Crippen molar-refractivity contribution in [3.05, 3.63) is 23.8 Å². The smallest absolute Gasteiger partial charge is 0.120 e. The SMILES string of the molecule is COc1ccc(O)c([C@H](N)[C@H](O)C(C)(C)C)c1. The van der Waals surface area contributed by atoms with Gasteiger partial charge in [-0.15, -0.1) is 0 Å². The lowest BCUT2D eigenvalue weighted by molar-refractivity contribution is 0.0394. The molecule has 1 aromatic rings. The van der Waals surface area contributed by atoms with Crippen molar-refractivity contribution in [3.63, 3.8) is 0 Å². The van der Waals surface area contributed by atoms with Gasteiger partial charge in [-0.25, -0.2) is 0 Å². The van der Waals surface area contributed by atoms with Gasteiger partial charge in [-0.05, 0) is 23.6 Å². The van der Waals surface area contributed by atoms with Crippen molar-refractivity contribution in [1.82, 2.24) is 0 Å². The minimum atomic E-state index is -0.750. The summed E-state index contributed by atoms with van der Waals surface area (Å²) >= 11 is 0. The van der Waals surface area contributed by atoms with Crippen LogP contribution in [-0.4, -0.2) is 23.4 Å². The van der Waals surface area contributed by atoms with Gasteiger partial charge in [0.05, 0.1) is 19.3 Å². The predicted octanol–water partition coefficient (Wildman–Crippen LogP) is 1.81. The molecule has 0 radical (unpaired) electrons. The summed E-state index contributed by atoms with van der Waals surface area (Å²) < 4.78 is 5.08. The minimum Gasteiger partial charge on any atom is -0.508 e. The lowest BCUT2D eigenvalue weighted by atomic mass is 9.82. The quantitative estimate of drug-likeness (QED) is 0.752. The average molecular weight is 239 g/mol. The highest BCUT2D eigenvalue weighted by Crippen LogP contribution is 2.34. The second-order valence-corrected chi connectivity index (χ2v) is 5.26. The van der Waals surface area contributed by atoms with Crippen molar-refractivity contribution >= 4 is 0 Å². The molecule has 0 unspecified atom stereocenters. The Morgan fingerprint density at radius 2 is 1.88 bits per heavy atom. The van der Waals surface area contributed by atoms with Gasteiger partial charge in [-0.3, -0.25) is 0 Å². The number of rotatable bonds is 3. The van der Waals surface area contributed by atoms with Gasteiger partial charge < -0.3 is 20.7 Å². The molecule has 0 aliphatic rings. The Kier molecular flexibility index (Phi) is 4.01. The maximum atomic E-state index is 10.1. The molecular weight excluding hydrogens is 218 g/mol. The number of aliphatic hydroxyl groups excluding tert-OH is 1. The van der Waals surface area contributed by atoms with Crippen LogP contribution in [0.2, 0.25) is 0 Å². The molecule has 96 valence electrons. The van der Waals surface area contributed by atoms with Crippen LogP contribution in [0.25, 0.3) is 0 Å². The van der Waals surface area contributed by atoms with Gasteiger partial charge >= 0.3 is 0 Å². The highest BCUT2D eigenvalue weighted by atomic mass is 16.5. The van der Waals surface area contributed by atoms with Crippen LogP contribution < -0.4 is 10.5 Å². The van der Waals surface area contributed by atoms with E-state index in [1.54, 1.807) is 19.2 Å². The van der Waals surface area contributed by atoms with Crippen molar-refractivity contribution in [2.45, 2.75) is 32.9 Å². The third-order valence-electron chi connectivity index (χ3n) is 2.82. The van der Waals surface area contributed by atoms with E-state index in [4.69, 9.17) is 10.5 Å². The van der Waals surface area contributed by atoms with Crippen molar-refractivity contribution in [2.24, 2.45) is 11.1 Å².